The lowest BCUT2D eigenvalue weighted by atomic mass is 9.76. The number of hydrogen-bond donors (Lipinski definition) is 5. The zero-order valence-corrected chi connectivity index (χ0v) is 20.8. The normalized spacial score (nSPS) is 41.7. The van der Waals surface area contributed by atoms with Gasteiger partial charge in [0.15, 0.2) is 12.3 Å². The van der Waals surface area contributed by atoms with E-state index in [1.807, 2.05) is 0 Å². The van der Waals surface area contributed by atoms with Crippen LogP contribution in [0.15, 0.2) is 4.99 Å². The molecular formula is C24H42ClFN6O. The van der Waals surface area contributed by atoms with Gasteiger partial charge in [-0.3, -0.25) is 15.1 Å². The van der Waals surface area contributed by atoms with E-state index < -0.39 is 6.30 Å². The first-order chi connectivity index (χ1) is 15.9. The lowest BCUT2D eigenvalue weighted by Crippen LogP contribution is -2.60. The second kappa shape index (κ2) is 11.5. The van der Waals surface area contributed by atoms with Gasteiger partial charge in [-0.1, -0.05) is 6.92 Å². The third-order valence-electron chi connectivity index (χ3n) is 8.21. The Morgan fingerprint density at radius 1 is 1.09 bits per heavy atom. The average Bonchev–Trinajstić information content (AvgIpc) is 3.32. The van der Waals surface area contributed by atoms with Crippen molar-refractivity contribution in [2.75, 3.05) is 26.2 Å². The van der Waals surface area contributed by atoms with Gasteiger partial charge in [-0.2, -0.15) is 0 Å². The fraction of sp³-hybridized carbons (Fsp3) is 0.917. The first kappa shape index (κ1) is 25.0. The Kier molecular flexibility index (Phi) is 8.74. The molecule has 0 bridgehead atoms. The molecule has 188 valence electrons. The zero-order chi connectivity index (χ0) is 23.4. The van der Waals surface area contributed by atoms with Crippen LogP contribution in [0, 0.1) is 23.7 Å². The summed E-state index contributed by atoms with van der Waals surface area (Å²) in [6, 6.07) is 0.0716. The molecule has 9 unspecified atom stereocenters. The molecule has 3 aliphatic heterocycles. The van der Waals surface area contributed by atoms with Crippen LogP contribution in [-0.2, 0) is 4.79 Å². The number of carbonyl (C=O) groups is 1. The van der Waals surface area contributed by atoms with E-state index in [-0.39, 0.29) is 29.4 Å². The number of rotatable bonds is 6. The Bertz CT molecular complexity index is 696. The third-order valence-corrected chi connectivity index (χ3v) is 8.86. The van der Waals surface area contributed by atoms with Crippen molar-refractivity contribution in [3.8, 4) is 0 Å². The highest BCUT2D eigenvalue weighted by molar-refractivity contribution is 6.20. The maximum absolute atomic E-state index is 13.8. The summed E-state index contributed by atoms with van der Waals surface area (Å²) in [5, 5.41) is 16.9. The van der Waals surface area contributed by atoms with Gasteiger partial charge in [-0.05, 0) is 75.5 Å². The number of aliphatic imine (C=N–C) groups is 1. The Balaban J connectivity index is 1.35. The van der Waals surface area contributed by atoms with E-state index in [1.165, 1.54) is 0 Å². The van der Waals surface area contributed by atoms with Crippen molar-refractivity contribution in [1.29, 1.82) is 0 Å². The van der Waals surface area contributed by atoms with E-state index >= 15 is 0 Å². The topological polar surface area (TPSA) is 89.6 Å². The molecule has 3 heterocycles. The molecule has 5 N–H and O–H groups in total. The molecule has 7 nitrogen and oxygen atoms in total. The quantitative estimate of drug-likeness (QED) is 0.294. The van der Waals surface area contributed by atoms with Crippen molar-refractivity contribution in [2.45, 2.75) is 88.6 Å². The molecule has 1 saturated carbocycles. The molecule has 4 rings (SSSR count). The smallest absolute Gasteiger partial charge is 0.237 e. The van der Waals surface area contributed by atoms with Crippen LogP contribution < -0.4 is 26.6 Å². The van der Waals surface area contributed by atoms with Gasteiger partial charge in [0.25, 0.3) is 0 Å². The maximum atomic E-state index is 13.8. The van der Waals surface area contributed by atoms with Crippen LogP contribution >= 0.6 is 11.6 Å². The van der Waals surface area contributed by atoms with E-state index in [1.54, 1.807) is 0 Å². The van der Waals surface area contributed by atoms with Gasteiger partial charge in [0.05, 0.1) is 12.6 Å². The highest BCUT2D eigenvalue weighted by Crippen LogP contribution is 2.33. The number of guanidine groups is 1. The predicted octanol–water partition coefficient (Wildman–Crippen LogP) is 2.12. The Labute approximate surface area is 202 Å². The van der Waals surface area contributed by atoms with Gasteiger partial charge >= 0.3 is 0 Å². The number of nitrogens with one attached hydrogen (secondary N) is 5. The second-order valence-corrected chi connectivity index (χ2v) is 11.3. The monoisotopic (exact) mass is 484 g/mol. The summed E-state index contributed by atoms with van der Waals surface area (Å²) in [6.45, 7) is 7.49. The molecule has 0 aromatic heterocycles. The molecule has 33 heavy (non-hydrogen) atoms. The van der Waals surface area contributed by atoms with E-state index in [2.05, 4.69) is 45.4 Å². The van der Waals surface area contributed by atoms with Crippen LogP contribution in [0.25, 0.3) is 0 Å². The van der Waals surface area contributed by atoms with E-state index in [0.717, 1.165) is 70.7 Å². The van der Waals surface area contributed by atoms with Crippen molar-refractivity contribution in [2.24, 2.45) is 28.7 Å². The number of piperidine rings is 2. The van der Waals surface area contributed by atoms with Crippen LogP contribution in [-0.4, -0.2) is 67.8 Å². The lowest BCUT2D eigenvalue weighted by molar-refractivity contribution is -0.125. The molecule has 0 spiro atoms. The first-order valence-corrected chi connectivity index (χ1v) is 13.4. The molecule has 3 fully saturated rings. The summed E-state index contributed by atoms with van der Waals surface area (Å²) in [5.74, 6) is 2.65. The molecule has 0 aromatic carbocycles. The highest BCUT2D eigenvalue weighted by atomic mass is 35.5. The largest absolute Gasteiger partial charge is 0.356 e. The van der Waals surface area contributed by atoms with E-state index in [9.17, 15) is 9.18 Å². The molecule has 9 atom stereocenters. The molecule has 4 aliphatic rings. The van der Waals surface area contributed by atoms with Crippen molar-refractivity contribution < 1.29 is 9.18 Å². The van der Waals surface area contributed by atoms with Crippen molar-refractivity contribution >= 4 is 23.5 Å². The number of nitrogens with zero attached hydrogens (tertiary/aromatic N) is 1. The number of hydrogen-bond acceptors (Lipinski definition) is 6. The predicted molar refractivity (Wildman–Crippen MR) is 131 cm³/mol. The van der Waals surface area contributed by atoms with E-state index in [0.29, 0.717) is 30.1 Å². The molecule has 0 aromatic rings. The fourth-order valence-electron chi connectivity index (χ4n) is 6.24. The number of carbonyl (C=O) groups excluding carboxylic acids is 1. The van der Waals surface area contributed by atoms with Crippen LogP contribution in [0.2, 0.25) is 0 Å². The van der Waals surface area contributed by atoms with E-state index in [4.69, 9.17) is 11.6 Å². The molecule has 0 radical (unpaired) electrons. The molecular weight excluding hydrogens is 443 g/mol. The highest BCUT2D eigenvalue weighted by Gasteiger charge is 2.40. The minimum Gasteiger partial charge on any atom is -0.356 e. The van der Waals surface area contributed by atoms with Crippen LogP contribution in [0.4, 0.5) is 4.39 Å². The summed E-state index contributed by atoms with van der Waals surface area (Å²) in [4.78, 5) is 17.7. The minimum absolute atomic E-state index is 0.0924. The number of amides is 1. The van der Waals surface area contributed by atoms with Gasteiger partial charge in [0.1, 0.15) is 0 Å². The molecule has 1 aliphatic carbocycles. The fourth-order valence-corrected chi connectivity index (χ4v) is 6.47. The summed E-state index contributed by atoms with van der Waals surface area (Å²) >= 11 is 6.38. The van der Waals surface area contributed by atoms with Crippen LogP contribution in [0.3, 0.4) is 0 Å². The molecule has 9 heteroatoms. The summed E-state index contributed by atoms with van der Waals surface area (Å²) in [6.07, 6.45) is 5.42. The summed E-state index contributed by atoms with van der Waals surface area (Å²) in [5.41, 5.74) is 0. The summed E-state index contributed by atoms with van der Waals surface area (Å²) < 4.78 is 13.8. The van der Waals surface area contributed by atoms with Gasteiger partial charge in [0.2, 0.25) is 5.91 Å². The Morgan fingerprint density at radius 3 is 2.67 bits per heavy atom. The number of halogens is 2. The Hall–Kier alpha value is -1.12. The SMILES string of the molecule is CC1CC(CNC(=O)C2CC(CNC3=NCCN3)CC(C3CCC(F)NC3C)N2)CCC1Cl. The minimum atomic E-state index is -0.923. The van der Waals surface area contributed by atoms with Crippen molar-refractivity contribution in [3.63, 3.8) is 0 Å². The third kappa shape index (κ3) is 6.73. The Morgan fingerprint density at radius 2 is 1.94 bits per heavy atom. The van der Waals surface area contributed by atoms with Crippen molar-refractivity contribution in [3.05, 3.63) is 0 Å². The van der Waals surface area contributed by atoms with Crippen molar-refractivity contribution in [1.82, 2.24) is 26.6 Å². The van der Waals surface area contributed by atoms with Crippen LogP contribution in [0.5, 0.6) is 0 Å². The van der Waals surface area contributed by atoms with Crippen LogP contribution in [0.1, 0.15) is 58.8 Å². The standard InChI is InChI=1S/C24H42ClFN6O/c1-14-9-16(3-5-19(14)25)12-29-23(33)21-11-17(13-30-24-27-7-8-28-24)10-20(32-21)18-4-6-22(26)31-15(18)2/h14-22,31-32H,3-13H2,1-2H3,(H,29,33)(H2,27,28,30). The molecule has 1 amide bonds. The second-order valence-electron chi connectivity index (χ2n) is 10.8. The van der Waals surface area contributed by atoms with Gasteiger partial charge in [-0.15, -0.1) is 11.6 Å². The zero-order valence-electron chi connectivity index (χ0n) is 20.1. The maximum Gasteiger partial charge on any atom is 0.237 e. The average molecular weight is 485 g/mol. The van der Waals surface area contributed by atoms with Gasteiger partial charge in [-0.25, -0.2) is 4.39 Å². The first-order valence-electron chi connectivity index (χ1n) is 13.0. The summed E-state index contributed by atoms with van der Waals surface area (Å²) in [7, 11) is 0. The number of alkyl halides is 2. The molecule has 2 saturated heterocycles. The van der Waals surface area contributed by atoms with Gasteiger partial charge < -0.3 is 21.3 Å². The lowest BCUT2D eigenvalue weighted by Gasteiger charge is -2.44. The van der Waals surface area contributed by atoms with Gasteiger partial charge in [0, 0.05) is 37.1 Å².